The third kappa shape index (κ3) is 2.58. The van der Waals surface area contributed by atoms with E-state index in [1.54, 1.807) is 0 Å². The molecule has 4 nitrogen and oxygen atoms in total. The lowest BCUT2D eigenvalue weighted by molar-refractivity contribution is -0.142. The summed E-state index contributed by atoms with van der Waals surface area (Å²) in [5.74, 6) is 0.144. The van der Waals surface area contributed by atoms with Gasteiger partial charge >= 0.3 is 0 Å². The highest BCUT2D eigenvalue weighted by Crippen LogP contribution is 2.45. The van der Waals surface area contributed by atoms with E-state index >= 15 is 0 Å². The minimum atomic E-state index is -0.319. The zero-order chi connectivity index (χ0) is 13.0. The minimum absolute atomic E-state index is 0.0419. The Labute approximate surface area is 109 Å². The van der Waals surface area contributed by atoms with Crippen molar-refractivity contribution in [2.24, 2.45) is 5.41 Å². The van der Waals surface area contributed by atoms with Crippen molar-refractivity contribution in [2.45, 2.75) is 51.9 Å². The summed E-state index contributed by atoms with van der Waals surface area (Å²) in [5.41, 5.74) is -0.319. The Morgan fingerprint density at radius 2 is 1.89 bits per heavy atom. The number of nitrogens with one attached hydrogen (secondary N) is 1. The van der Waals surface area contributed by atoms with Gasteiger partial charge in [0.05, 0.1) is 5.41 Å². The van der Waals surface area contributed by atoms with Gasteiger partial charge in [0, 0.05) is 19.5 Å². The van der Waals surface area contributed by atoms with Gasteiger partial charge in [0.1, 0.15) is 0 Å². The lowest BCUT2D eigenvalue weighted by Crippen LogP contribution is -2.40. The molecular formula is C14H24N2O2. The maximum absolute atomic E-state index is 12.4. The lowest BCUT2D eigenvalue weighted by Gasteiger charge is -2.30. The van der Waals surface area contributed by atoms with E-state index in [1.165, 1.54) is 11.3 Å². The van der Waals surface area contributed by atoms with Crippen molar-refractivity contribution in [1.29, 1.82) is 0 Å². The van der Waals surface area contributed by atoms with E-state index in [-0.39, 0.29) is 17.2 Å². The summed E-state index contributed by atoms with van der Waals surface area (Å²) in [7, 11) is 0. The van der Waals surface area contributed by atoms with Crippen molar-refractivity contribution < 1.29 is 9.59 Å². The first-order valence-corrected chi connectivity index (χ1v) is 7.25. The third-order valence-electron chi connectivity index (χ3n) is 4.24. The Morgan fingerprint density at radius 1 is 1.17 bits per heavy atom. The van der Waals surface area contributed by atoms with Crippen LogP contribution in [0.1, 0.15) is 51.9 Å². The van der Waals surface area contributed by atoms with Gasteiger partial charge in [-0.1, -0.05) is 26.2 Å². The van der Waals surface area contributed by atoms with Crippen LogP contribution in [0.3, 0.4) is 0 Å². The van der Waals surface area contributed by atoms with Crippen molar-refractivity contribution in [3.05, 3.63) is 0 Å². The van der Waals surface area contributed by atoms with Gasteiger partial charge in [0.25, 0.3) is 0 Å². The second kappa shape index (κ2) is 5.83. The molecule has 0 aromatic heterocycles. The summed E-state index contributed by atoms with van der Waals surface area (Å²) in [6, 6.07) is 0. The second-order valence-corrected chi connectivity index (χ2v) is 5.62. The van der Waals surface area contributed by atoms with Crippen LogP contribution < -0.4 is 5.32 Å². The quantitative estimate of drug-likeness (QED) is 0.598. The number of likely N-dealkylation sites (tertiary alicyclic amines) is 1. The Morgan fingerprint density at radius 3 is 2.56 bits per heavy atom. The number of rotatable bonds is 5. The fourth-order valence-corrected chi connectivity index (χ4v) is 3.20. The SMILES string of the molecule is CCCNCCN1C(=O)CC2(CCCCC2)C1=O. The van der Waals surface area contributed by atoms with Gasteiger partial charge in [-0.3, -0.25) is 14.5 Å². The van der Waals surface area contributed by atoms with Crippen LogP contribution in [0.5, 0.6) is 0 Å². The van der Waals surface area contributed by atoms with E-state index in [4.69, 9.17) is 0 Å². The van der Waals surface area contributed by atoms with Gasteiger partial charge in [0.15, 0.2) is 0 Å². The Bertz CT molecular complexity index is 322. The average molecular weight is 252 g/mol. The van der Waals surface area contributed by atoms with E-state index in [0.29, 0.717) is 13.0 Å². The number of carbonyl (C=O) groups is 2. The van der Waals surface area contributed by atoms with Crippen molar-refractivity contribution in [3.8, 4) is 0 Å². The molecule has 1 heterocycles. The van der Waals surface area contributed by atoms with Crippen molar-refractivity contribution in [1.82, 2.24) is 10.2 Å². The first-order chi connectivity index (χ1) is 8.69. The van der Waals surface area contributed by atoms with Crippen molar-refractivity contribution in [3.63, 3.8) is 0 Å². The number of nitrogens with zero attached hydrogens (tertiary/aromatic N) is 1. The highest BCUT2D eigenvalue weighted by molar-refractivity contribution is 6.05. The monoisotopic (exact) mass is 252 g/mol. The largest absolute Gasteiger partial charge is 0.315 e. The molecule has 0 bridgehead atoms. The van der Waals surface area contributed by atoms with Crippen molar-refractivity contribution in [2.75, 3.05) is 19.6 Å². The molecule has 2 amide bonds. The molecule has 0 aromatic carbocycles. The second-order valence-electron chi connectivity index (χ2n) is 5.62. The summed E-state index contributed by atoms with van der Waals surface area (Å²) >= 11 is 0. The van der Waals surface area contributed by atoms with E-state index in [2.05, 4.69) is 12.2 Å². The first kappa shape index (κ1) is 13.5. The van der Waals surface area contributed by atoms with Gasteiger partial charge in [-0.05, 0) is 25.8 Å². The van der Waals surface area contributed by atoms with Gasteiger partial charge in [0.2, 0.25) is 11.8 Å². The van der Waals surface area contributed by atoms with Crippen LogP contribution in [-0.2, 0) is 9.59 Å². The molecular weight excluding hydrogens is 228 g/mol. The Hall–Kier alpha value is -0.900. The highest BCUT2D eigenvalue weighted by atomic mass is 16.2. The van der Waals surface area contributed by atoms with Crippen LogP contribution in [-0.4, -0.2) is 36.3 Å². The summed E-state index contributed by atoms with van der Waals surface area (Å²) in [6.45, 7) is 4.32. The van der Waals surface area contributed by atoms with E-state index < -0.39 is 0 Å². The maximum atomic E-state index is 12.4. The molecule has 4 heteroatoms. The van der Waals surface area contributed by atoms with E-state index in [9.17, 15) is 9.59 Å². The molecule has 18 heavy (non-hydrogen) atoms. The summed E-state index contributed by atoms with van der Waals surface area (Å²) < 4.78 is 0. The Kier molecular flexibility index (Phi) is 4.38. The van der Waals surface area contributed by atoms with Crippen LogP contribution in [0, 0.1) is 5.41 Å². The normalized spacial score (nSPS) is 23.1. The van der Waals surface area contributed by atoms with E-state index in [1.807, 2.05) is 0 Å². The molecule has 102 valence electrons. The molecule has 2 rings (SSSR count). The van der Waals surface area contributed by atoms with Crippen LogP contribution in [0.4, 0.5) is 0 Å². The lowest BCUT2D eigenvalue weighted by atomic mass is 9.73. The van der Waals surface area contributed by atoms with Gasteiger partial charge in [-0.25, -0.2) is 0 Å². The number of imide groups is 1. The zero-order valence-electron chi connectivity index (χ0n) is 11.3. The summed E-state index contributed by atoms with van der Waals surface area (Å²) in [4.78, 5) is 25.9. The number of hydrogen-bond donors (Lipinski definition) is 1. The molecule has 1 aliphatic carbocycles. The molecule has 1 saturated carbocycles. The Balaban J connectivity index is 1.92. The molecule has 0 aromatic rings. The molecule has 1 spiro atoms. The summed E-state index contributed by atoms with van der Waals surface area (Å²) in [6.07, 6.45) is 6.77. The predicted octanol–water partition coefficient (Wildman–Crippen LogP) is 1.70. The molecule has 1 saturated heterocycles. The molecule has 1 aliphatic heterocycles. The maximum Gasteiger partial charge on any atom is 0.235 e. The zero-order valence-corrected chi connectivity index (χ0v) is 11.3. The molecule has 0 unspecified atom stereocenters. The molecule has 2 fully saturated rings. The fraction of sp³-hybridized carbons (Fsp3) is 0.857. The standard InChI is InChI=1S/C14H24N2O2/c1-2-8-15-9-10-16-12(17)11-14(13(16)18)6-4-3-5-7-14/h15H,2-11H2,1H3. The van der Waals surface area contributed by atoms with E-state index in [0.717, 1.165) is 45.2 Å². The average Bonchev–Trinajstić information content (AvgIpc) is 2.59. The molecule has 0 atom stereocenters. The fourth-order valence-electron chi connectivity index (χ4n) is 3.20. The van der Waals surface area contributed by atoms with Gasteiger partial charge in [-0.15, -0.1) is 0 Å². The van der Waals surface area contributed by atoms with Crippen LogP contribution >= 0.6 is 0 Å². The number of carbonyl (C=O) groups excluding carboxylic acids is 2. The molecule has 0 radical (unpaired) electrons. The molecule has 1 N–H and O–H groups in total. The number of hydrogen-bond acceptors (Lipinski definition) is 3. The topological polar surface area (TPSA) is 49.4 Å². The highest BCUT2D eigenvalue weighted by Gasteiger charge is 2.51. The summed E-state index contributed by atoms with van der Waals surface area (Å²) in [5, 5.41) is 3.25. The third-order valence-corrected chi connectivity index (χ3v) is 4.24. The van der Waals surface area contributed by atoms with Gasteiger partial charge in [-0.2, -0.15) is 0 Å². The van der Waals surface area contributed by atoms with Crippen LogP contribution in [0.2, 0.25) is 0 Å². The van der Waals surface area contributed by atoms with Crippen LogP contribution in [0.25, 0.3) is 0 Å². The minimum Gasteiger partial charge on any atom is -0.315 e. The number of amides is 2. The smallest absolute Gasteiger partial charge is 0.235 e. The first-order valence-electron chi connectivity index (χ1n) is 7.25. The van der Waals surface area contributed by atoms with Crippen LogP contribution in [0.15, 0.2) is 0 Å². The van der Waals surface area contributed by atoms with Crippen molar-refractivity contribution >= 4 is 11.8 Å². The predicted molar refractivity (Wildman–Crippen MR) is 70.0 cm³/mol. The van der Waals surface area contributed by atoms with Gasteiger partial charge < -0.3 is 5.32 Å². The molecule has 2 aliphatic rings.